The van der Waals surface area contributed by atoms with Crippen molar-refractivity contribution >= 4 is 28.4 Å². The zero-order valence-corrected chi connectivity index (χ0v) is 17.5. The van der Waals surface area contributed by atoms with Gasteiger partial charge in [0.25, 0.3) is 0 Å². The lowest BCUT2D eigenvalue weighted by atomic mass is 9.92. The first-order valence-corrected chi connectivity index (χ1v) is 10.9. The quantitative estimate of drug-likeness (QED) is 0.459. The van der Waals surface area contributed by atoms with Crippen molar-refractivity contribution in [2.75, 3.05) is 17.7 Å². The molecule has 8 heteroatoms. The third-order valence-electron chi connectivity index (χ3n) is 6.23. The SMILES string of the molecule is Nc1c(-c2ccc(NC(=O)OCC3CC3)cc2)n(C2CCC2)c2ccc(OC(F)F)cc12. The number of nitrogens with one attached hydrogen (secondary N) is 1. The fourth-order valence-electron chi connectivity index (χ4n) is 4.16. The smallest absolute Gasteiger partial charge is 0.411 e. The lowest BCUT2D eigenvalue weighted by Gasteiger charge is -2.30. The molecule has 1 amide bonds. The van der Waals surface area contributed by atoms with Crippen LogP contribution in [-0.2, 0) is 4.74 Å². The van der Waals surface area contributed by atoms with Crippen LogP contribution < -0.4 is 15.8 Å². The van der Waals surface area contributed by atoms with Crippen LogP contribution in [0.5, 0.6) is 5.75 Å². The molecule has 3 N–H and O–H groups in total. The van der Waals surface area contributed by atoms with Crippen molar-refractivity contribution in [2.45, 2.75) is 44.8 Å². The maximum atomic E-state index is 12.7. The van der Waals surface area contributed by atoms with Crippen molar-refractivity contribution in [3.05, 3.63) is 42.5 Å². The number of anilines is 2. The Morgan fingerprint density at radius 2 is 1.88 bits per heavy atom. The van der Waals surface area contributed by atoms with E-state index < -0.39 is 12.7 Å². The molecule has 0 spiro atoms. The van der Waals surface area contributed by atoms with Crippen LogP contribution in [0.3, 0.4) is 0 Å². The highest BCUT2D eigenvalue weighted by Gasteiger charge is 2.27. The first-order valence-electron chi connectivity index (χ1n) is 10.9. The summed E-state index contributed by atoms with van der Waals surface area (Å²) in [6, 6.07) is 12.6. The number of alkyl halides is 2. The van der Waals surface area contributed by atoms with Gasteiger partial charge >= 0.3 is 12.7 Å². The fraction of sp³-hybridized carbons (Fsp3) is 0.375. The van der Waals surface area contributed by atoms with Crippen LogP contribution in [-0.4, -0.2) is 23.9 Å². The van der Waals surface area contributed by atoms with Crippen LogP contribution in [0.15, 0.2) is 42.5 Å². The number of nitrogens with two attached hydrogens (primary N) is 1. The second-order valence-corrected chi connectivity index (χ2v) is 8.52. The molecular formula is C24H25F2N3O3. The van der Waals surface area contributed by atoms with Crippen LogP contribution in [0.25, 0.3) is 22.2 Å². The first kappa shape index (κ1) is 20.6. The zero-order chi connectivity index (χ0) is 22.2. The summed E-state index contributed by atoms with van der Waals surface area (Å²) in [6.45, 7) is -2.43. The number of halogens is 2. The van der Waals surface area contributed by atoms with Crippen molar-refractivity contribution in [2.24, 2.45) is 5.92 Å². The minimum Gasteiger partial charge on any atom is -0.449 e. The minimum absolute atomic E-state index is 0.0840. The van der Waals surface area contributed by atoms with E-state index >= 15 is 0 Å². The second-order valence-electron chi connectivity index (χ2n) is 8.52. The third kappa shape index (κ3) is 4.09. The average molecular weight is 441 g/mol. The Morgan fingerprint density at radius 1 is 1.12 bits per heavy atom. The second kappa shape index (κ2) is 8.33. The molecule has 2 saturated carbocycles. The molecular weight excluding hydrogens is 416 g/mol. The number of hydrogen-bond donors (Lipinski definition) is 2. The van der Waals surface area contributed by atoms with Crippen molar-refractivity contribution in [3.63, 3.8) is 0 Å². The number of nitrogens with zero attached hydrogens (tertiary/aromatic N) is 1. The Morgan fingerprint density at radius 3 is 2.50 bits per heavy atom. The summed E-state index contributed by atoms with van der Waals surface area (Å²) >= 11 is 0. The van der Waals surface area contributed by atoms with E-state index in [1.165, 1.54) is 0 Å². The molecule has 168 valence electrons. The Kier molecular flexibility index (Phi) is 5.36. The normalized spacial score (nSPS) is 16.2. The molecule has 6 nitrogen and oxygen atoms in total. The predicted octanol–water partition coefficient (Wildman–Crippen LogP) is 6.18. The molecule has 0 atom stereocenters. The topological polar surface area (TPSA) is 78.5 Å². The van der Waals surface area contributed by atoms with E-state index in [2.05, 4.69) is 14.6 Å². The summed E-state index contributed by atoms with van der Waals surface area (Å²) in [5.74, 6) is 0.590. The molecule has 0 saturated heterocycles. The van der Waals surface area contributed by atoms with Gasteiger partial charge in [0, 0.05) is 22.7 Å². The summed E-state index contributed by atoms with van der Waals surface area (Å²) < 4.78 is 37.4. The van der Waals surface area contributed by atoms with Crippen LogP contribution >= 0.6 is 0 Å². The van der Waals surface area contributed by atoms with Gasteiger partial charge in [-0.3, -0.25) is 5.32 Å². The molecule has 2 aromatic carbocycles. The van der Waals surface area contributed by atoms with Gasteiger partial charge in [0.05, 0.1) is 23.5 Å². The number of carbonyl (C=O) groups excluding carboxylic acids is 1. The summed E-state index contributed by atoms with van der Waals surface area (Å²) in [4.78, 5) is 11.9. The molecule has 2 fully saturated rings. The van der Waals surface area contributed by atoms with Crippen LogP contribution in [0.4, 0.5) is 25.0 Å². The van der Waals surface area contributed by atoms with E-state index in [0.29, 0.717) is 35.3 Å². The van der Waals surface area contributed by atoms with Gasteiger partial charge in [-0.2, -0.15) is 8.78 Å². The molecule has 0 radical (unpaired) electrons. The van der Waals surface area contributed by atoms with E-state index in [0.717, 1.165) is 48.9 Å². The molecule has 2 aliphatic carbocycles. The van der Waals surface area contributed by atoms with Crippen LogP contribution in [0.1, 0.15) is 38.1 Å². The third-order valence-corrected chi connectivity index (χ3v) is 6.23. The van der Waals surface area contributed by atoms with Crippen LogP contribution in [0, 0.1) is 5.92 Å². The number of nitrogen functional groups attached to an aromatic ring is 1. The minimum atomic E-state index is -2.89. The Labute approximate surface area is 184 Å². The van der Waals surface area contributed by atoms with Gasteiger partial charge < -0.3 is 19.8 Å². The van der Waals surface area contributed by atoms with Crippen LogP contribution in [0.2, 0.25) is 0 Å². The number of carbonyl (C=O) groups is 1. The highest BCUT2D eigenvalue weighted by atomic mass is 19.3. The average Bonchev–Trinajstić information content (AvgIpc) is 3.51. The molecule has 0 aliphatic heterocycles. The molecule has 32 heavy (non-hydrogen) atoms. The Bertz CT molecular complexity index is 1140. The monoisotopic (exact) mass is 441 g/mol. The van der Waals surface area contributed by atoms with E-state index in [1.54, 1.807) is 30.3 Å². The van der Waals surface area contributed by atoms with Crippen molar-refractivity contribution in [1.82, 2.24) is 4.57 Å². The van der Waals surface area contributed by atoms with Gasteiger partial charge in [-0.05, 0) is 68.4 Å². The van der Waals surface area contributed by atoms with E-state index in [1.807, 2.05) is 12.1 Å². The van der Waals surface area contributed by atoms with Gasteiger partial charge in [-0.1, -0.05) is 12.1 Å². The lowest BCUT2D eigenvalue weighted by Crippen LogP contribution is -2.18. The predicted molar refractivity (Wildman–Crippen MR) is 119 cm³/mol. The van der Waals surface area contributed by atoms with Crippen molar-refractivity contribution in [1.29, 1.82) is 0 Å². The number of hydrogen-bond acceptors (Lipinski definition) is 4. The summed E-state index contributed by atoms with van der Waals surface area (Å²) in [5.41, 5.74) is 10.3. The number of amides is 1. The first-order chi connectivity index (χ1) is 15.5. The molecule has 5 rings (SSSR count). The molecule has 1 heterocycles. The number of aromatic nitrogens is 1. The Balaban J connectivity index is 1.45. The zero-order valence-electron chi connectivity index (χ0n) is 17.5. The number of rotatable bonds is 7. The number of fused-ring (bicyclic) bond motifs is 1. The number of ether oxygens (including phenoxy) is 2. The highest BCUT2D eigenvalue weighted by Crippen LogP contribution is 2.45. The van der Waals surface area contributed by atoms with Gasteiger partial charge in [0.1, 0.15) is 5.75 Å². The molecule has 0 bridgehead atoms. The molecule has 0 unspecified atom stereocenters. The standard InChI is InChI=1S/C24H25F2N3O3/c25-23(26)32-18-10-11-20-19(12-18)21(27)22(29(20)17-2-1-3-17)15-6-8-16(9-7-15)28-24(30)31-13-14-4-5-14/h6-12,14,17,23H,1-5,13,27H2,(H,28,30). The van der Waals surface area contributed by atoms with Gasteiger partial charge in [-0.25, -0.2) is 4.79 Å². The van der Waals surface area contributed by atoms with Crippen molar-refractivity contribution in [3.8, 4) is 17.0 Å². The lowest BCUT2D eigenvalue weighted by molar-refractivity contribution is -0.0497. The maximum Gasteiger partial charge on any atom is 0.411 e. The molecule has 3 aromatic rings. The molecule has 1 aromatic heterocycles. The maximum absolute atomic E-state index is 12.7. The van der Waals surface area contributed by atoms with E-state index in [-0.39, 0.29) is 5.75 Å². The largest absolute Gasteiger partial charge is 0.449 e. The van der Waals surface area contributed by atoms with Gasteiger partial charge in [0.2, 0.25) is 0 Å². The highest BCUT2D eigenvalue weighted by molar-refractivity contribution is 6.02. The van der Waals surface area contributed by atoms with E-state index in [9.17, 15) is 13.6 Å². The summed E-state index contributed by atoms with van der Waals surface area (Å²) in [6.07, 6.45) is 5.00. The Hall–Kier alpha value is -3.29. The van der Waals surface area contributed by atoms with Gasteiger partial charge in [0.15, 0.2) is 0 Å². The summed E-state index contributed by atoms with van der Waals surface area (Å²) in [7, 11) is 0. The fourth-order valence-corrected chi connectivity index (χ4v) is 4.16. The van der Waals surface area contributed by atoms with Crippen molar-refractivity contribution < 1.29 is 23.0 Å². The van der Waals surface area contributed by atoms with E-state index in [4.69, 9.17) is 10.5 Å². The van der Waals surface area contributed by atoms with Gasteiger partial charge in [-0.15, -0.1) is 0 Å². The summed E-state index contributed by atoms with van der Waals surface area (Å²) in [5, 5.41) is 3.43. The number of benzene rings is 2. The molecule has 2 aliphatic rings.